The third-order valence-corrected chi connectivity index (χ3v) is 5.59. The molecule has 1 N–H and O–H groups in total. The average Bonchev–Trinajstić information content (AvgIpc) is 3.09. The Morgan fingerprint density at radius 1 is 1.04 bits per heavy atom. The Bertz CT molecular complexity index is 932. The van der Waals surface area contributed by atoms with Crippen molar-refractivity contribution in [1.29, 1.82) is 0 Å². The van der Waals surface area contributed by atoms with Crippen LogP contribution in [0.3, 0.4) is 0 Å². The summed E-state index contributed by atoms with van der Waals surface area (Å²) in [5.41, 5.74) is 2.00. The monoisotopic (exact) mass is 355 g/mol. The fourth-order valence-corrected chi connectivity index (χ4v) is 3.51. The second-order valence-electron chi connectivity index (χ2n) is 5.96. The maximum atomic E-state index is 12.5. The SMILES string of the molecule is CC[C@@H](C)c1ccc(S(=O)(=O)Nc2ccn(-c3ccccc3)n2)cc1. The minimum atomic E-state index is -3.66. The van der Waals surface area contributed by atoms with E-state index in [-0.39, 0.29) is 10.7 Å². The third kappa shape index (κ3) is 3.91. The molecule has 6 heteroatoms. The van der Waals surface area contributed by atoms with Crippen LogP contribution in [0.5, 0.6) is 0 Å². The molecule has 0 saturated carbocycles. The van der Waals surface area contributed by atoms with Crippen molar-refractivity contribution in [3.8, 4) is 5.69 Å². The molecular formula is C19H21N3O2S. The highest BCUT2D eigenvalue weighted by molar-refractivity contribution is 7.92. The van der Waals surface area contributed by atoms with E-state index in [4.69, 9.17) is 0 Å². The van der Waals surface area contributed by atoms with Gasteiger partial charge in [-0.2, -0.15) is 0 Å². The average molecular weight is 355 g/mol. The highest BCUT2D eigenvalue weighted by Crippen LogP contribution is 2.21. The molecule has 0 amide bonds. The number of nitrogens with one attached hydrogen (secondary N) is 1. The molecule has 0 fully saturated rings. The molecular weight excluding hydrogens is 334 g/mol. The quantitative estimate of drug-likeness (QED) is 0.721. The van der Waals surface area contributed by atoms with Gasteiger partial charge in [-0.3, -0.25) is 4.72 Å². The first-order valence-electron chi connectivity index (χ1n) is 8.23. The van der Waals surface area contributed by atoms with Gasteiger partial charge in [0.2, 0.25) is 0 Å². The molecule has 0 spiro atoms. The molecule has 130 valence electrons. The molecule has 25 heavy (non-hydrogen) atoms. The molecule has 3 aromatic rings. The van der Waals surface area contributed by atoms with Crippen LogP contribution in [0.2, 0.25) is 0 Å². The Kier molecular flexibility index (Phi) is 4.90. The van der Waals surface area contributed by atoms with E-state index in [2.05, 4.69) is 23.7 Å². The lowest BCUT2D eigenvalue weighted by Gasteiger charge is -2.10. The number of aromatic nitrogens is 2. The van der Waals surface area contributed by atoms with Gasteiger partial charge in [-0.1, -0.05) is 44.2 Å². The maximum absolute atomic E-state index is 12.5. The van der Waals surface area contributed by atoms with Crippen LogP contribution in [0.4, 0.5) is 5.82 Å². The van der Waals surface area contributed by atoms with Crippen molar-refractivity contribution in [2.24, 2.45) is 0 Å². The lowest BCUT2D eigenvalue weighted by Crippen LogP contribution is -2.13. The Morgan fingerprint density at radius 3 is 2.36 bits per heavy atom. The lowest BCUT2D eigenvalue weighted by atomic mass is 9.99. The van der Waals surface area contributed by atoms with E-state index in [0.29, 0.717) is 5.92 Å². The van der Waals surface area contributed by atoms with E-state index in [0.717, 1.165) is 17.7 Å². The number of hydrogen-bond donors (Lipinski definition) is 1. The minimum absolute atomic E-state index is 0.230. The van der Waals surface area contributed by atoms with E-state index >= 15 is 0 Å². The molecule has 3 rings (SSSR count). The minimum Gasteiger partial charge on any atom is -0.262 e. The molecule has 0 radical (unpaired) electrons. The molecule has 0 saturated heterocycles. The first kappa shape index (κ1) is 17.2. The van der Waals surface area contributed by atoms with Gasteiger partial charge in [-0.15, -0.1) is 5.10 Å². The maximum Gasteiger partial charge on any atom is 0.263 e. The highest BCUT2D eigenvalue weighted by Gasteiger charge is 2.16. The van der Waals surface area contributed by atoms with E-state index in [1.54, 1.807) is 29.1 Å². The topological polar surface area (TPSA) is 64.0 Å². The number of nitrogens with zero attached hydrogens (tertiary/aromatic N) is 2. The molecule has 0 unspecified atom stereocenters. The standard InChI is InChI=1S/C19H21N3O2S/c1-3-15(2)16-9-11-18(12-10-16)25(23,24)21-19-13-14-22(20-19)17-7-5-4-6-8-17/h4-15H,3H2,1-2H3,(H,20,21)/t15-/m1/s1. The Hall–Kier alpha value is -2.60. The zero-order chi connectivity index (χ0) is 17.9. The lowest BCUT2D eigenvalue weighted by molar-refractivity contribution is 0.600. The fourth-order valence-electron chi connectivity index (χ4n) is 2.51. The van der Waals surface area contributed by atoms with Crippen LogP contribution in [-0.4, -0.2) is 18.2 Å². The predicted molar refractivity (Wildman–Crippen MR) is 99.5 cm³/mol. The molecule has 1 atom stereocenters. The van der Waals surface area contributed by atoms with Crippen LogP contribution in [0.25, 0.3) is 5.69 Å². The summed E-state index contributed by atoms with van der Waals surface area (Å²) >= 11 is 0. The molecule has 0 aliphatic rings. The van der Waals surface area contributed by atoms with Crippen LogP contribution in [0.1, 0.15) is 31.7 Å². The summed E-state index contributed by atoms with van der Waals surface area (Å²) < 4.78 is 29.2. The van der Waals surface area contributed by atoms with Crippen LogP contribution < -0.4 is 4.72 Å². The van der Waals surface area contributed by atoms with Crippen molar-refractivity contribution < 1.29 is 8.42 Å². The number of rotatable bonds is 6. The Morgan fingerprint density at radius 2 is 1.72 bits per heavy atom. The summed E-state index contributed by atoms with van der Waals surface area (Å²) in [6, 6.07) is 18.2. The van der Waals surface area contributed by atoms with Crippen LogP contribution >= 0.6 is 0 Å². The summed E-state index contributed by atoms with van der Waals surface area (Å²) in [4.78, 5) is 0.230. The number of para-hydroxylation sites is 1. The predicted octanol–water partition coefficient (Wildman–Crippen LogP) is 4.19. The van der Waals surface area contributed by atoms with Gasteiger partial charge in [0.05, 0.1) is 10.6 Å². The van der Waals surface area contributed by atoms with Crippen molar-refractivity contribution in [2.45, 2.75) is 31.1 Å². The first-order chi connectivity index (χ1) is 12.0. The normalized spacial score (nSPS) is 12.7. The first-order valence-corrected chi connectivity index (χ1v) is 9.72. The van der Waals surface area contributed by atoms with E-state index in [1.807, 2.05) is 42.5 Å². The van der Waals surface area contributed by atoms with Gasteiger partial charge in [0.1, 0.15) is 0 Å². The van der Waals surface area contributed by atoms with Crippen molar-refractivity contribution in [3.05, 3.63) is 72.4 Å². The Labute approximate surface area is 148 Å². The second kappa shape index (κ2) is 7.11. The molecule has 1 aromatic heterocycles. The number of hydrogen-bond acceptors (Lipinski definition) is 3. The van der Waals surface area contributed by atoms with Gasteiger partial charge in [0, 0.05) is 12.3 Å². The second-order valence-corrected chi connectivity index (χ2v) is 7.65. The van der Waals surface area contributed by atoms with Gasteiger partial charge in [0.25, 0.3) is 10.0 Å². The summed E-state index contributed by atoms with van der Waals surface area (Å²) in [6.45, 7) is 4.23. The number of benzene rings is 2. The van der Waals surface area contributed by atoms with Gasteiger partial charge in [-0.25, -0.2) is 13.1 Å². The molecule has 2 aromatic carbocycles. The van der Waals surface area contributed by atoms with Crippen molar-refractivity contribution in [3.63, 3.8) is 0 Å². The summed E-state index contributed by atoms with van der Waals surface area (Å²) in [7, 11) is -3.66. The van der Waals surface area contributed by atoms with Crippen LogP contribution in [0.15, 0.2) is 71.8 Å². The van der Waals surface area contributed by atoms with E-state index in [9.17, 15) is 8.42 Å². The fraction of sp³-hybridized carbons (Fsp3) is 0.211. The largest absolute Gasteiger partial charge is 0.263 e. The van der Waals surface area contributed by atoms with Crippen molar-refractivity contribution in [2.75, 3.05) is 4.72 Å². The van der Waals surface area contributed by atoms with Gasteiger partial charge in [0.15, 0.2) is 5.82 Å². The van der Waals surface area contributed by atoms with Gasteiger partial charge in [-0.05, 0) is 42.2 Å². The molecule has 1 heterocycles. The molecule has 0 bridgehead atoms. The van der Waals surface area contributed by atoms with E-state index < -0.39 is 10.0 Å². The summed E-state index contributed by atoms with van der Waals surface area (Å²) in [5, 5.41) is 4.28. The molecule has 0 aliphatic heterocycles. The number of anilines is 1. The Balaban J connectivity index is 1.79. The third-order valence-electron chi connectivity index (χ3n) is 4.22. The van der Waals surface area contributed by atoms with E-state index in [1.165, 1.54) is 0 Å². The van der Waals surface area contributed by atoms with Crippen molar-refractivity contribution >= 4 is 15.8 Å². The summed E-state index contributed by atoms with van der Waals surface area (Å²) in [6.07, 6.45) is 2.74. The zero-order valence-electron chi connectivity index (χ0n) is 14.3. The highest BCUT2D eigenvalue weighted by atomic mass is 32.2. The van der Waals surface area contributed by atoms with Crippen LogP contribution in [0, 0.1) is 0 Å². The molecule has 5 nitrogen and oxygen atoms in total. The van der Waals surface area contributed by atoms with Crippen LogP contribution in [-0.2, 0) is 10.0 Å². The number of sulfonamides is 1. The smallest absolute Gasteiger partial charge is 0.262 e. The van der Waals surface area contributed by atoms with Gasteiger partial charge >= 0.3 is 0 Å². The van der Waals surface area contributed by atoms with Gasteiger partial charge < -0.3 is 0 Å². The summed E-state index contributed by atoms with van der Waals surface area (Å²) in [5.74, 6) is 0.696. The van der Waals surface area contributed by atoms with Crippen molar-refractivity contribution in [1.82, 2.24) is 9.78 Å². The molecule has 0 aliphatic carbocycles. The zero-order valence-corrected chi connectivity index (χ0v) is 15.1.